The average molecular weight is 269 g/mol. The van der Waals surface area contributed by atoms with Gasteiger partial charge >= 0.3 is 67.1 Å². The van der Waals surface area contributed by atoms with Crippen molar-refractivity contribution in [3.63, 3.8) is 0 Å². The molecule has 0 spiro atoms. The van der Waals surface area contributed by atoms with Crippen molar-refractivity contribution in [2.75, 3.05) is 0 Å². The summed E-state index contributed by atoms with van der Waals surface area (Å²) in [6, 6.07) is 6.87. The van der Waals surface area contributed by atoms with E-state index in [9.17, 15) is 19.4 Å². The third kappa shape index (κ3) is 3.62. The van der Waals surface area contributed by atoms with Gasteiger partial charge in [-0.1, -0.05) is 28.8 Å². The Morgan fingerprint density at radius 1 is 1.29 bits per heavy atom. The van der Waals surface area contributed by atoms with Crippen LogP contribution in [0.5, 0.6) is 0 Å². The molecule has 0 bridgehead atoms. The number of fused-ring (bicyclic) bond motifs is 1. The Kier molecular flexibility index (Phi) is 7.69. The van der Waals surface area contributed by atoms with Gasteiger partial charge in [-0.05, 0) is 11.1 Å². The maximum atomic E-state index is 10.9. The summed E-state index contributed by atoms with van der Waals surface area (Å²) in [5.74, 6) is -2.33. The van der Waals surface area contributed by atoms with E-state index in [1.165, 1.54) is 0 Å². The van der Waals surface area contributed by atoms with E-state index >= 15 is 0 Å². The SMILES string of the molecule is O=C([O-])C1c2ccccc2CC1[P+](=O)[O-].[Na+].[Na+]. The molecule has 0 fully saturated rings. The van der Waals surface area contributed by atoms with Crippen LogP contribution in [0.4, 0.5) is 0 Å². The van der Waals surface area contributed by atoms with Gasteiger partial charge in [0.2, 0.25) is 0 Å². The van der Waals surface area contributed by atoms with E-state index in [1.54, 1.807) is 24.3 Å². The molecular formula is C10H8Na2O4P+. The summed E-state index contributed by atoms with van der Waals surface area (Å²) >= 11 is 0. The first kappa shape index (κ1) is 17.8. The minimum Gasteiger partial charge on any atom is -0.595 e. The smallest absolute Gasteiger partial charge is 0.595 e. The Bertz CT molecular complexity index is 438. The standard InChI is InChI=1S/C10H9O4P.2Na/c11-10(12)9-7-4-2-1-3-6(7)5-8(9)15(13)14;;/h1-4,8-9H,5H2,(H,11,12);;/q;2*+1/p-1. The van der Waals surface area contributed by atoms with Crippen LogP contribution >= 0.6 is 8.03 Å². The molecule has 1 aromatic carbocycles. The van der Waals surface area contributed by atoms with Crippen LogP contribution in [-0.2, 0) is 15.8 Å². The number of carboxylic acids is 1. The largest absolute Gasteiger partial charge is 1.00 e. The van der Waals surface area contributed by atoms with E-state index in [0.717, 1.165) is 5.56 Å². The van der Waals surface area contributed by atoms with Crippen LogP contribution in [0.2, 0.25) is 0 Å². The number of benzene rings is 1. The minimum atomic E-state index is -2.74. The maximum absolute atomic E-state index is 10.9. The fourth-order valence-corrected chi connectivity index (χ4v) is 2.93. The van der Waals surface area contributed by atoms with E-state index in [-0.39, 0.29) is 65.5 Å². The molecule has 0 radical (unpaired) electrons. The number of carbonyl (C=O) groups is 1. The zero-order chi connectivity index (χ0) is 11.0. The predicted molar refractivity (Wildman–Crippen MR) is 49.3 cm³/mol. The Labute approximate surface area is 144 Å². The molecule has 17 heavy (non-hydrogen) atoms. The first-order valence-corrected chi connectivity index (χ1v) is 5.78. The molecule has 1 aromatic rings. The first-order valence-electron chi connectivity index (χ1n) is 4.53. The number of hydrogen-bond donors (Lipinski definition) is 0. The summed E-state index contributed by atoms with van der Waals surface area (Å²) in [6.07, 6.45) is 0.271. The van der Waals surface area contributed by atoms with Gasteiger partial charge in [0.1, 0.15) is 0 Å². The monoisotopic (exact) mass is 269 g/mol. The number of hydrogen-bond acceptors (Lipinski definition) is 4. The molecule has 4 nitrogen and oxygen atoms in total. The summed E-state index contributed by atoms with van der Waals surface area (Å²) in [4.78, 5) is 21.8. The molecule has 0 saturated carbocycles. The second-order valence-electron chi connectivity index (χ2n) is 3.55. The molecule has 0 N–H and O–H groups in total. The number of aliphatic carboxylic acids is 1. The zero-order valence-electron chi connectivity index (χ0n) is 9.75. The van der Waals surface area contributed by atoms with E-state index in [0.29, 0.717) is 5.56 Å². The second kappa shape index (κ2) is 7.37. The van der Waals surface area contributed by atoms with Crippen molar-refractivity contribution >= 4 is 14.0 Å². The zero-order valence-corrected chi connectivity index (χ0v) is 14.6. The van der Waals surface area contributed by atoms with Crippen LogP contribution in [0, 0.1) is 0 Å². The second-order valence-corrected chi connectivity index (χ2v) is 4.79. The summed E-state index contributed by atoms with van der Waals surface area (Å²) in [5, 5.41) is 10.9. The van der Waals surface area contributed by atoms with Crippen molar-refractivity contribution < 1.29 is 78.5 Å². The molecule has 0 amide bonds. The van der Waals surface area contributed by atoms with Crippen molar-refractivity contribution in [3.8, 4) is 0 Å². The molecule has 1 aliphatic rings. The number of carboxylic acid groups (broad SMARTS) is 1. The van der Waals surface area contributed by atoms with Crippen LogP contribution in [0.25, 0.3) is 0 Å². The number of carbonyl (C=O) groups excluding carboxylic acids is 1. The molecule has 0 aromatic heterocycles. The summed E-state index contributed by atoms with van der Waals surface area (Å²) in [7, 11) is -2.74. The van der Waals surface area contributed by atoms with Crippen molar-refractivity contribution in [2.24, 2.45) is 0 Å². The molecule has 3 atom stereocenters. The van der Waals surface area contributed by atoms with Crippen LogP contribution in [-0.4, -0.2) is 11.6 Å². The van der Waals surface area contributed by atoms with E-state index < -0.39 is 25.6 Å². The Morgan fingerprint density at radius 3 is 2.41 bits per heavy atom. The van der Waals surface area contributed by atoms with E-state index in [2.05, 4.69) is 0 Å². The summed E-state index contributed by atoms with van der Waals surface area (Å²) in [5.41, 5.74) is 0.500. The van der Waals surface area contributed by atoms with Crippen LogP contribution in [0.3, 0.4) is 0 Å². The van der Waals surface area contributed by atoms with Gasteiger partial charge in [0.25, 0.3) is 0 Å². The van der Waals surface area contributed by atoms with Gasteiger partial charge in [-0.3, -0.25) is 0 Å². The van der Waals surface area contributed by atoms with Crippen LogP contribution in [0.1, 0.15) is 17.0 Å². The molecular weight excluding hydrogens is 261 g/mol. The summed E-state index contributed by atoms with van der Waals surface area (Å²) in [6.45, 7) is 0. The molecule has 0 aliphatic heterocycles. The fraction of sp³-hybridized carbons (Fsp3) is 0.300. The average Bonchev–Trinajstić information content (AvgIpc) is 2.56. The summed E-state index contributed by atoms with van der Waals surface area (Å²) < 4.78 is 10.9. The predicted octanol–water partition coefficient (Wildman–Crippen LogP) is -6.44. The quantitative estimate of drug-likeness (QED) is 0.395. The Morgan fingerprint density at radius 2 is 1.88 bits per heavy atom. The number of rotatable bonds is 2. The molecule has 78 valence electrons. The van der Waals surface area contributed by atoms with Gasteiger partial charge in [-0.15, -0.1) is 0 Å². The molecule has 0 saturated heterocycles. The Hall–Kier alpha value is 0.750. The van der Waals surface area contributed by atoms with Crippen molar-refractivity contribution in [3.05, 3.63) is 35.4 Å². The van der Waals surface area contributed by atoms with Crippen LogP contribution < -0.4 is 69.1 Å². The molecule has 7 heteroatoms. The Balaban J connectivity index is 0.00000128. The first-order chi connectivity index (χ1) is 7.11. The van der Waals surface area contributed by atoms with E-state index in [1.807, 2.05) is 0 Å². The molecule has 3 unspecified atom stereocenters. The molecule has 1 aliphatic carbocycles. The van der Waals surface area contributed by atoms with Crippen molar-refractivity contribution in [1.82, 2.24) is 0 Å². The normalized spacial score (nSPS) is 21.8. The van der Waals surface area contributed by atoms with Crippen molar-refractivity contribution in [2.45, 2.75) is 18.0 Å². The van der Waals surface area contributed by atoms with Crippen molar-refractivity contribution in [1.29, 1.82) is 0 Å². The van der Waals surface area contributed by atoms with Gasteiger partial charge in [-0.25, -0.2) is 0 Å². The molecule has 2 rings (SSSR count). The minimum absolute atomic E-state index is 0. The van der Waals surface area contributed by atoms with Gasteiger partial charge in [0, 0.05) is 6.42 Å². The molecule has 0 heterocycles. The maximum Gasteiger partial charge on any atom is 1.00 e. The van der Waals surface area contributed by atoms with Crippen LogP contribution in [0.15, 0.2) is 24.3 Å². The van der Waals surface area contributed by atoms with Gasteiger partial charge in [0.05, 0.1) is 11.9 Å². The van der Waals surface area contributed by atoms with Gasteiger partial charge in [0.15, 0.2) is 5.66 Å². The van der Waals surface area contributed by atoms with E-state index in [4.69, 9.17) is 0 Å². The van der Waals surface area contributed by atoms with Gasteiger partial charge in [-0.2, -0.15) is 0 Å². The fourth-order valence-electron chi connectivity index (χ4n) is 2.05. The third-order valence-corrected chi connectivity index (χ3v) is 3.75. The third-order valence-electron chi connectivity index (χ3n) is 2.73. The van der Waals surface area contributed by atoms with Gasteiger partial charge < -0.3 is 14.8 Å². The topological polar surface area (TPSA) is 80.3 Å².